The summed E-state index contributed by atoms with van der Waals surface area (Å²) in [5.74, 6) is 0. The number of hydrogen-bond acceptors (Lipinski definition) is 2. The number of H-pyrrole nitrogens is 1. The number of nitrogens with one attached hydrogen (secondary N) is 2. The summed E-state index contributed by atoms with van der Waals surface area (Å²) in [5.41, 5.74) is 4.04. The smallest absolute Gasteiger partial charge is 0.0650 e. The predicted molar refractivity (Wildman–Crippen MR) is 82.3 cm³/mol. The van der Waals surface area contributed by atoms with Crippen LogP contribution in [0.3, 0.4) is 0 Å². The van der Waals surface area contributed by atoms with Gasteiger partial charge in [0.25, 0.3) is 0 Å². The average Bonchev–Trinajstić information content (AvgIpc) is 3.06. The Morgan fingerprint density at radius 3 is 2.65 bits per heavy atom. The lowest BCUT2D eigenvalue weighted by Crippen LogP contribution is -2.37. The number of rotatable bonds is 4. The molecule has 1 fully saturated rings. The highest BCUT2D eigenvalue weighted by atomic mass is 15.1. The zero-order valence-electron chi connectivity index (χ0n) is 12.3. The lowest BCUT2D eigenvalue weighted by molar-refractivity contribution is 0.282. The number of aromatic nitrogens is 2. The van der Waals surface area contributed by atoms with Gasteiger partial charge in [-0.1, -0.05) is 44.5 Å². The van der Waals surface area contributed by atoms with Gasteiger partial charge in [0.2, 0.25) is 0 Å². The summed E-state index contributed by atoms with van der Waals surface area (Å²) in [6.07, 6.45) is 5.78. The molecule has 0 aliphatic heterocycles. The summed E-state index contributed by atoms with van der Waals surface area (Å²) in [6.45, 7) is 5.70. The Bertz CT molecular complexity index is 540. The van der Waals surface area contributed by atoms with Gasteiger partial charge in [-0.15, -0.1) is 0 Å². The van der Waals surface area contributed by atoms with Gasteiger partial charge in [-0.05, 0) is 35.4 Å². The third kappa shape index (κ3) is 2.78. The molecule has 0 bridgehead atoms. The van der Waals surface area contributed by atoms with E-state index in [1.807, 2.05) is 6.07 Å². The first-order chi connectivity index (χ1) is 9.65. The topological polar surface area (TPSA) is 40.7 Å². The van der Waals surface area contributed by atoms with Crippen LogP contribution in [0.15, 0.2) is 36.5 Å². The summed E-state index contributed by atoms with van der Waals surface area (Å²) < 4.78 is 0. The number of benzene rings is 1. The third-order valence-electron chi connectivity index (χ3n) is 4.58. The molecule has 1 aliphatic rings. The first kappa shape index (κ1) is 13.4. The minimum atomic E-state index is 0.440. The highest BCUT2D eigenvalue weighted by molar-refractivity contribution is 5.58. The second-order valence-electron chi connectivity index (χ2n) is 6.48. The molecule has 3 nitrogen and oxygen atoms in total. The van der Waals surface area contributed by atoms with Crippen molar-refractivity contribution in [3.63, 3.8) is 0 Å². The maximum atomic E-state index is 3.99. The van der Waals surface area contributed by atoms with Gasteiger partial charge in [0.15, 0.2) is 0 Å². The summed E-state index contributed by atoms with van der Waals surface area (Å²) in [7, 11) is 0. The van der Waals surface area contributed by atoms with Crippen molar-refractivity contribution in [1.82, 2.24) is 15.5 Å². The van der Waals surface area contributed by atoms with Crippen molar-refractivity contribution in [2.45, 2.75) is 45.7 Å². The SMILES string of the molecule is CC1(C)CCCC1NCc1ccc(-c2ccn[nH]2)cc1. The van der Waals surface area contributed by atoms with Gasteiger partial charge < -0.3 is 5.32 Å². The quantitative estimate of drug-likeness (QED) is 0.887. The Kier molecular flexibility index (Phi) is 3.62. The molecule has 1 atom stereocenters. The number of nitrogens with zero attached hydrogens (tertiary/aromatic N) is 1. The molecule has 0 spiro atoms. The van der Waals surface area contributed by atoms with Gasteiger partial charge in [-0.3, -0.25) is 5.10 Å². The second kappa shape index (κ2) is 5.41. The first-order valence-corrected chi connectivity index (χ1v) is 7.47. The van der Waals surface area contributed by atoms with Crippen LogP contribution in [-0.4, -0.2) is 16.2 Å². The molecular formula is C17H23N3. The van der Waals surface area contributed by atoms with E-state index in [4.69, 9.17) is 0 Å². The van der Waals surface area contributed by atoms with Crippen LogP contribution in [0.4, 0.5) is 0 Å². The zero-order valence-corrected chi connectivity index (χ0v) is 12.3. The van der Waals surface area contributed by atoms with Crippen LogP contribution in [0.1, 0.15) is 38.7 Å². The minimum absolute atomic E-state index is 0.440. The Morgan fingerprint density at radius 1 is 1.25 bits per heavy atom. The molecule has 1 heterocycles. The summed E-state index contributed by atoms with van der Waals surface area (Å²) >= 11 is 0. The number of aromatic amines is 1. The van der Waals surface area contributed by atoms with E-state index in [1.165, 1.54) is 30.4 Å². The fourth-order valence-corrected chi connectivity index (χ4v) is 3.16. The Hall–Kier alpha value is -1.61. The molecule has 1 saturated carbocycles. The van der Waals surface area contributed by atoms with Crippen LogP contribution in [-0.2, 0) is 6.54 Å². The Labute approximate surface area is 120 Å². The molecule has 1 aromatic carbocycles. The normalized spacial score (nSPS) is 21.2. The van der Waals surface area contributed by atoms with E-state index in [1.54, 1.807) is 6.20 Å². The molecule has 20 heavy (non-hydrogen) atoms. The van der Waals surface area contributed by atoms with E-state index in [0.29, 0.717) is 11.5 Å². The molecule has 0 amide bonds. The lowest BCUT2D eigenvalue weighted by Gasteiger charge is -2.28. The fourth-order valence-electron chi connectivity index (χ4n) is 3.16. The van der Waals surface area contributed by atoms with Gasteiger partial charge in [0, 0.05) is 18.8 Å². The largest absolute Gasteiger partial charge is 0.309 e. The fraction of sp³-hybridized carbons (Fsp3) is 0.471. The molecule has 1 aromatic heterocycles. The van der Waals surface area contributed by atoms with Gasteiger partial charge >= 0.3 is 0 Å². The van der Waals surface area contributed by atoms with Gasteiger partial charge in [0.05, 0.1) is 5.69 Å². The van der Waals surface area contributed by atoms with Gasteiger partial charge in [0.1, 0.15) is 0 Å². The Morgan fingerprint density at radius 2 is 2.05 bits per heavy atom. The van der Waals surface area contributed by atoms with Crippen LogP contribution >= 0.6 is 0 Å². The van der Waals surface area contributed by atoms with E-state index in [9.17, 15) is 0 Å². The maximum absolute atomic E-state index is 3.99. The van der Waals surface area contributed by atoms with Crippen molar-refractivity contribution in [3.8, 4) is 11.3 Å². The third-order valence-corrected chi connectivity index (χ3v) is 4.58. The van der Waals surface area contributed by atoms with Crippen LogP contribution < -0.4 is 5.32 Å². The summed E-state index contributed by atoms with van der Waals surface area (Å²) in [4.78, 5) is 0. The lowest BCUT2D eigenvalue weighted by atomic mass is 9.87. The van der Waals surface area contributed by atoms with Crippen molar-refractivity contribution in [2.24, 2.45) is 5.41 Å². The molecule has 0 radical (unpaired) electrons. The molecule has 0 saturated heterocycles. The highest BCUT2D eigenvalue weighted by Gasteiger charge is 2.33. The van der Waals surface area contributed by atoms with Crippen molar-refractivity contribution in [1.29, 1.82) is 0 Å². The van der Waals surface area contributed by atoms with E-state index in [0.717, 1.165) is 12.2 Å². The summed E-state index contributed by atoms with van der Waals surface area (Å²) in [6, 6.07) is 11.4. The van der Waals surface area contributed by atoms with Gasteiger partial charge in [-0.2, -0.15) is 5.10 Å². The van der Waals surface area contributed by atoms with E-state index >= 15 is 0 Å². The van der Waals surface area contributed by atoms with Crippen LogP contribution in [0.2, 0.25) is 0 Å². The van der Waals surface area contributed by atoms with Crippen molar-refractivity contribution in [3.05, 3.63) is 42.1 Å². The molecule has 3 rings (SSSR count). The van der Waals surface area contributed by atoms with Crippen LogP contribution in [0, 0.1) is 5.41 Å². The molecule has 2 N–H and O–H groups in total. The zero-order chi connectivity index (χ0) is 14.0. The minimum Gasteiger partial charge on any atom is -0.309 e. The standard InChI is InChI=1S/C17H23N3/c1-17(2)10-3-4-16(17)18-12-13-5-7-14(8-6-13)15-9-11-19-20-15/h5-9,11,16,18H,3-4,10,12H2,1-2H3,(H,19,20). The molecule has 2 aromatic rings. The van der Waals surface area contributed by atoms with Crippen LogP contribution in [0.25, 0.3) is 11.3 Å². The first-order valence-electron chi connectivity index (χ1n) is 7.47. The van der Waals surface area contributed by atoms with Crippen molar-refractivity contribution in [2.75, 3.05) is 0 Å². The second-order valence-corrected chi connectivity index (χ2v) is 6.48. The predicted octanol–water partition coefficient (Wildman–Crippen LogP) is 3.75. The molecule has 106 valence electrons. The molecule has 3 heteroatoms. The average molecular weight is 269 g/mol. The Balaban J connectivity index is 1.61. The maximum Gasteiger partial charge on any atom is 0.0650 e. The van der Waals surface area contributed by atoms with E-state index in [2.05, 4.69) is 53.6 Å². The highest BCUT2D eigenvalue weighted by Crippen LogP contribution is 2.37. The van der Waals surface area contributed by atoms with Gasteiger partial charge in [-0.25, -0.2) is 0 Å². The monoisotopic (exact) mass is 269 g/mol. The number of hydrogen-bond donors (Lipinski definition) is 2. The van der Waals surface area contributed by atoms with E-state index in [-0.39, 0.29) is 0 Å². The molecule has 1 unspecified atom stereocenters. The summed E-state index contributed by atoms with van der Waals surface area (Å²) in [5, 5.41) is 10.7. The van der Waals surface area contributed by atoms with Crippen LogP contribution in [0.5, 0.6) is 0 Å². The molecule has 1 aliphatic carbocycles. The molecular weight excluding hydrogens is 246 g/mol. The van der Waals surface area contributed by atoms with E-state index < -0.39 is 0 Å². The van der Waals surface area contributed by atoms with Crippen molar-refractivity contribution >= 4 is 0 Å². The van der Waals surface area contributed by atoms with Crippen molar-refractivity contribution < 1.29 is 0 Å².